The lowest BCUT2D eigenvalue weighted by Gasteiger charge is -2.05. The first-order chi connectivity index (χ1) is 8.18. The summed E-state index contributed by atoms with van der Waals surface area (Å²) in [5.41, 5.74) is 7.02. The largest absolute Gasteiger partial charge is 0.618 e. The van der Waals surface area contributed by atoms with Crippen LogP contribution in [-0.4, -0.2) is 5.78 Å². The van der Waals surface area contributed by atoms with E-state index in [4.69, 9.17) is 5.73 Å². The van der Waals surface area contributed by atoms with Gasteiger partial charge in [0, 0.05) is 23.4 Å². The molecule has 4 heteroatoms. The van der Waals surface area contributed by atoms with Crippen LogP contribution in [0.2, 0.25) is 0 Å². The lowest BCUT2D eigenvalue weighted by atomic mass is 10.0. The highest BCUT2D eigenvalue weighted by Gasteiger charge is 2.14. The van der Waals surface area contributed by atoms with Crippen LogP contribution in [0.4, 0.5) is 5.69 Å². The molecule has 0 aliphatic heterocycles. The number of Topliss-reactive ketones (excluding diaryl/α,β-unsaturated/α-hetero) is 1. The van der Waals surface area contributed by atoms with E-state index in [-0.39, 0.29) is 12.2 Å². The standard InChI is InChI=1S/C13H12N2O2/c14-12-7-2-1-6-11(12)13(16)9-10-5-3-4-8-15(10)17/h1-8H,9,14H2. The van der Waals surface area contributed by atoms with E-state index >= 15 is 0 Å². The van der Waals surface area contributed by atoms with E-state index in [2.05, 4.69) is 0 Å². The second kappa shape index (κ2) is 4.65. The SMILES string of the molecule is Nc1ccccc1C(=O)Cc1cccc[n+]1[O-]. The maximum atomic E-state index is 12.0. The smallest absolute Gasteiger partial charge is 0.200 e. The van der Waals surface area contributed by atoms with E-state index in [0.717, 1.165) is 0 Å². The number of anilines is 1. The Morgan fingerprint density at radius 3 is 2.59 bits per heavy atom. The first kappa shape index (κ1) is 11.1. The number of pyridine rings is 1. The Morgan fingerprint density at radius 2 is 1.88 bits per heavy atom. The number of carbonyl (C=O) groups excluding carboxylic acids is 1. The number of nitrogens with zero attached hydrogens (tertiary/aromatic N) is 1. The molecule has 0 spiro atoms. The molecule has 0 aliphatic carbocycles. The van der Waals surface area contributed by atoms with Gasteiger partial charge in [-0.3, -0.25) is 4.79 Å². The minimum Gasteiger partial charge on any atom is -0.618 e. The van der Waals surface area contributed by atoms with Gasteiger partial charge in [-0.2, -0.15) is 4.73 Å². The van der Waals surface area contributed by atoms with E-state index in [0.29, 0.717) is 21.7 Å². The Hall–Kier alpha value is -2.36. The maximum Gasteiger partial charge on any atom is 0.200 e. The van der Waals surface area contributed by atoms with Gasteiger partial charge in [0.2, 0.25) is 5.69 Å². The zero-order valence-corrected chi connectivity index (χ0v) is 9.17. The molecule has 0 aliphatic rings. The third-order valence-electron chi connectivity index (χ3n) is 2.51. The summed E-state index contributed by atoms with van der Waals surface area (Å²) in [7, 11) is 0. The summed E-state index contributed by atoms with van der Waals surface area (Å²) in [6, 6.07) is 11.8. The number of ketones is 1. The van der Waals surface area contributed by atoms with Crippen LogP contribution in [-0.2, 0) is 6.42 Å². The quantitative estimate of drug-likeness (QED) is 0.373. The molecule has 0 atom stereocenters. The van der Waals surface area contributed by atoms with Gasteiger partial charge >= 0.3 is 0 Å². The van der Waals surface area contributed by atoms with E-state index in [1.807, 2.05) is 0 Å². The maximum absolute atomic E-state index is 12.0. The van der Waals surface area contributed by atoms with Gasteiger partial charge in [-0.25, -0.2) is 0 Å². The van der Waals surface area contributed by atoms with Gasteiger partial charge in [0.1, 0.15) is 0 Å². The van der Waals surface area contributed by atoms with Crippen molar-refractivity contribution < 1.29 is 9.52 Å². The molecule has 0 radical (unpaired) electrons. The molecule has 1 aromatic carbocycles. The second-order valence-corrected chi connectivity index (χ2v) is 3.70. The van der Waals surface area contributed by atoms with Crippen LogP contribution in [0.1, 0.15) is 16.1 Å². The lowest BCUT2D eigenvalue weighted by molar-refractivity contribution is -0.613. The van der Waals surface area contributed by atoms with Gasteiger partial charge in [0.15, 0.2) is 12.0 Å². The number of benzene rings is 1. The van der Waals surface area contributed by atoms with Crippen molar-refractivity contribution in [2.24, 2.45) is 0 Å². The molecule has 1 heterocycles. The molecule has 0 fully saturated rings. The highest BCUT2D eigenvalue weighted by atomic mass is 16.5. The van der Waals surface area contributed by atoms with Crippen molar-refractivity contribution in [3.63, 3.8) is 0 Å². The molecule has 1 aromatic heterocycles. The molecular formula is C13H12N2O2. The fraction of sp³-hybridized carbons (Fsp3) is 0.0769. The fourth-order valence-electron chi connectivity index (χ4n) is 1.61. The zero-order chi connectivity index (χ0) is 12.3. The summed E-state index contributed by atoms with van der Waals surface area (Å²) in [5, 5.41) is 11.4. The van der Waals surface area contributed by atoms with Gasteiger partial charge in [0.25, 0.3) is 0 Å². The Kier molecular flexibility index (Phi) is 3.05. The van der Waals surface area contributed by atoms with Gasteiger partial charge in [-0.05, 0) is 18.2 Å². The number of para-hydroxylation sites is 1. The van der Waals surface area contributed by atoms with Crippen molar-refractivity contribution in [3.05, 3.63) is 65.1 Å². The molecule has 0 saturated heterocycles. The average Bonchev–Trinajstić information content (AvgIpc) is 2.32. The summed E-state index contributed by atoms with van der Waals surface area (Å²) in [5.74, 6) is -0.154. The third-order valence-corrected chi connectivity index (χ3v) is 2.51. The summed E-state index contributed by atoms with van der Waals surface area (Å²) in [4.78, 5) is 12.0. The van der Waals surface area contributed by atoms with Crippen molar-refractivity contribution in [2.75, 3.05) is 5.73 Å². The first-order valence-electron chi connectivity index (χ1n) is 5.23. The minimum absolute atomic E-state index is 0.0541. The first-order valence-corrected chi connectivity index (χ1v) is 5.23. The number of hydrogen-bond acceptors (Lipinski definition) is 3. The third kappa shape index (κ3) is 2.42. The number of carbonyl (C=O) groups is 1. The van der Waals surface area contributed by atoms with Crippen LogP contribution in [0, 0.1) is 5.21 Å². The second-order valence-electron chi connectivity index (χ2n) is 3.70. The van der Waals surface area contributed by atoms with Crippen molar-refractivity contribution in [3.8, 4) is 0 Å². The molecule has 0 bridgehead atoms. The summed E-state index contributed by atoms with van der Waals surface area (Å²) < 4.78 is 0.691. The van der Waals surface area contributed by atoms with Gasteiger partial charge in [-0.15, -0.1) is 0 Å². The molecule has 0 amide bonds. The Balaban J connectivity index is 2.24. The normalized spacial score (nSPS) is 10.1. The predicted octanol–water partition coefficient (Wildman–Crippen LogP) is 1.33. The van der Waals surface area contributed by atoms with Crippen LogP contribution in [0.25, 0.3) is 0 Å². The number of hydrogen-bond donors (Lipinski definition) is 1. The van der Waals surface area contributed by atoms with Crippen molar-refractivity contribution in [1.29, 1.82) is 0 Å². The number of nitrogen functional groups attached to an aromatic ring is 1. The van der Waals surface area contributed by atoms with Gasteiger partial charge in [0.05, 0.1) is 6.42 Å². The molecular weight excluding hydrogens is 216 g/mol. The molecule has 0 unspecified atom stereocenters. The van der Waals surface area contributed by atoms with E-state index < -0.39 is 0 Å². The molecule has 0 saturated carbocycles. The molecule has 2 N–H and O–H groups in total. The fourth-order valence-corrected chi connectivity index (χ4v) is 1.61. The van der Waals surface area contributed by atoms with Crippen LogP contribution in [0.15, 0.2) is 48.7 Å². The lowest BCUT2D eigenvalue weighted by Crippen LogP contribution is -2.32. The molecule has 2 rings (SSSR count). The highest BCUT2D eigenvalue weighted by molar-refractivity contribution is 6.01. The molecule has 4 nitrogen and oxygen atoms in total. The van der Waals surface area contributed by atoms with Gasteiger partial charge in [-0.1, -0.05) is 12.1 Å². The van der Waals surface area contributed by atoms with Crippen LogP contribution < -0.4 is 10.5 Å². The number of aromatic nitrogens is 1. The molecule has 2 aromatic rings. The van der Waals surface area contributed by atoms with E-state index in [1.54, 1.807) is 42.5 Å². The molecule has 86 valence electrons. The number of nitrogens with two attached hydrogens (primary N) is 1. The monoisotopic (exact) mass is 228 g/mol. The topological polar surface area (TPSA) is 70.0 Å². The van der Waals surface area contributed by atoms with Crippen molar-refractivity contribution >= 4 is 11.5 Å². The van der Waals surface area contributed by atoms with Crippen LogP contribution in [0.3, 0.4) is 0 Å². The van der Waals surface area contributed by atoms with Crippen molar-refractivity contribution in [1.82, 2.24) is 0 Å². The average molecular weight is 228 g/mol. The Labute approximate surface area is 98.9 Å². The zero-order valence-electron chi connectivity index (χ0n) is 9.17. The van der Waals surface area contributed by atoms with E-state index in [9.17, 15) is 10.0 Å². The van der Waals surface area contributed by atoms with Crippen molar-refractivity contribution in [2.45, 2.75) is 6.42 Å². The van der Waals surface area contributed by atoms with Crippen LogP contribution >= 0.6 is 0 Å². The summed E-state index contributed by atoms with van der Waals surface area (Å²) >= 11 is 0. The molecule has 17 heavy (non-hydrogen) atoms. The summed E-state index contributed by atoms with van der Waals surface area (Å²) in [6.07, 6.45) is 1.43. The number of rotatable bonds is 3. The predicted molar refractivity (Wildman–Crippen MR) is 64.3 cm³/mol. The Bertz CT molecular complexity index is 553. The van der Waals surface area contributed by atoms with E-state index in [1.165, 1.54) is 6.20 Å². The summed E-state index contributed by atoms with van der Waals surface area (Å²) in [6.45, 7) is 0. The Morgan fingerprint density at radius 1 is 1.18 bits per heavy atom. The highest BCUT2D eigenvalue weighted by Crippen LogP contribution is 2.12. The minimum atomic E-state index is -0.154. The van der Waals surface area contributed by atoms with Crippen LogP contribution in [0.5, 0.6) is 0 Å². The van der Waals surface area contributed by atoms with Gasteiger partial charge < -0.3 is 10.9 Å².